The van der Waals surface area contributed by atoms with Gasteiger partial charge in [0.2, 0.25) is 0 Å². The molecule has 0 atom stereocenters. The summed E-state index contributed by atoms with van der Waals surface area (Å²) in [4.78, 5) is 21.5. The van der Waals surface area contributed by atoms with Gasteiger partial charge in [0.1, 0.15) is 12.4 Å². The Balaban J connectivity index is 0.000000275. The zero-order chi connectivity index (χ0) is 21.5. The largest absolute Gasteiger partial charge is 0.490 e. The number of carboxylic acid groups (broad SMARTS) is 2. The van der Waals surface area contributed by atoms with Crippen LogP contribution in [0.15, 0.2) is 48.6 Å². The van der Waals surface area contributed by atoms with Crippen molar-refractivity contribution in [3.8, 4) is 16.9 Å². The lowest BCUT2D eigenvalue weighted by Crippen LogP contribution is -2.30. The van der Waals surface area contributed by atoms with Crippen LogP contribution >= 0.6 is 0 Å². The number of anilines is 1. The van der Waals surface area contributed by atoms with Gasteiger partial charge in [-0.1, -0.05) is 30.3 Å². The summed E-state index contributed by atoms with van der Waals surface area (Å²) in [5, 5.41) is 19.1. The van der Waals surface area contributed by atoms with Gasteiger partial charge in [-0.2, -0.15) is 0 Å². The molecule has 0 fully saturated rings. The molecule has 0 saturated heterocycles. The van der Waals surface area contributed by atoms with Gasteiger partial charge in [0.05, 0.1) is 12.2 Å². The predicted molar refractivity (Wildman–Crippen MR) is 115 cm³/mol. The van der Waals surface area contributed by atoms with Crippen LogP contribution < -0.4 is 15.0 Å². The van der Waals surface area contributed by atoms with Gasteiger partial charge in [-0.15, -0.1) is 0 Å². The number of nitrogens with one attached hydrogen (secondary N) is 1. The van der Waals surface area contributed by atoms with Crippen molar-refractivity contribution in [2.75, 3.05) is 38.2 Å². The van der Waals surface area contributed by atoms with E-state index in [0.717, 1.165) is 44.8 Å². The number of rotatable bonds is 3. The van der Waals surface area contributed by atoms with Crippen LogP contribution in [-0.2, 0) is 22.4 Å². The molecule has 0 saturated carbocycles. The first-order valence-corrected chi connectivity index (χ1v) is 9.90. The van der Waals surface area contributed by atoms with E-state index in [1.165, 1.54) is 27.9 Å². The summed E-state index contributed by atoms with van der Waals surface area (Å²) < 4.78 is 6.00. The quantitative estimate of drug-likeness (QED) is 0.669. The van der Waals surface area contributed by atoms with Gasteiger partial charge in [0, 0.05) is 24.8 Å². The van der Waals surface area contributed by atoms with Gasteiger partial charge < -0.3 is 25.2 Å². The fourth-order valence-electron chi connectivity index (χ4n) is 3.76. The van der Waals surface area contributed by atoms with Crippen molar-refractivity contribution in [2.24, 2.45) is 0 Å². The minimum Gasteiger partial charge on any atom is -0.490 e. The Morgan fingerprint density at radius 3 is 2.40 bits per heavy atom. The fraction of sp³-hybridized carbons (Fsp3) is 0.304. The molecule has 2 aromatic carbocycles. The Morgan fingerprint density at radius 2 is 1.73 bits per heavy atom. The van der Waals surface area contributed by atoms with Crippen LogP contribution in [0, 0.1) is 0 Å². The van der Waals surface area contributed by atoms with Crippen LogP contribution in [0.2, 0.25) is 0 Å². The van der Waals surface area contributed by atoms with Crippen molar-refractivity contribution in [3.05, 3.63) is 59.7 Å². The molecule has 7 heteroatoms. The molecule has 0 bridgehead atoms. The molecule has 2 aliphatic rings. The molecule has 0 radical (unpaired) electrons. The highest BCUT2D eigenvalue weighted by atomic mass is 16.5. The number of fused-ring (bicyclic) bond motifs is 2. The second-order valence-electron chi connectivity index (χ2n) is 7.13. The highest BCUT2D eigenvalue weighted by molar-refractivity contribution is 5.89. The average molecular weight is 410 g/mol. The van der Waals surface area contributed by atoms with Crippen molar-refractivity contribution in [2.45, 2.75) is 12.8 Å². The number of benzene rings is 2. The lowest BCUT2D eigenvalue weighted by atomic mass is 9.89. The molecule has 7 nitrogen and oxygen atoms in total. The summed E-state index contributed by atoms with van der Waals surface area (Å²) >= 11 is 0. The standard InChI is InChI=1S/C19H22N2O.C4H4O4/c1-21-11-12-22-17-13-15-7-9-20-10-8-16(15)18(19(17)21)14-5-3-2-4-6-14;5-3(6)1-2-4(7)8/h2-6,13,20H,7-12H2,1H3;1-2H,(H,5,6)(H,7,8)/b;2-1+. The third kappa shape index (κ3) is 5.18. The minimum atomic E-state index is -1.26. The van der Waals surface area contributed by atoms with Crippen LogP contribution in [0.3, 0.4) is 0 Å². The number of aliphatic carboxylic acids is 2. The second-order valence-corrected chi connectivity index (χ2v) is 7.13. The molecule has 2 heterocycles. The van der Waals surface area contributed by atoms with Crippen LogP contribution in [0.5, 0.6) is 5.75 Å². The molecule has 0 unspecified atom stereocenters. The molecule has 2 aromatic rings. The van der Waals surface area contributed by atoms with Crippen molar-refractivity contribution >= 4 is 17.6 Å². The zero-order valence-corrected chi connectivity index (χ0v) is 16.9. The maximum Gasteiger partial charge on any atom is 0.328 e. The number of nitrogens with zero attached hydrogens (tertiary/aromatic N) is 1. The van der Waals surface area contributed by atoms with Crippen LogP contribution in [0.25, 0.3) is 11.1 Å². The summed E-state index contributed by atoms with van der Waals surface area (Å²) in [5.41, 5.74) is 6.87. The van der Waals surface area contributed by atoms with Gasteiger partial charge in [-0.3, -0.25) is 0 Å². The molecule has 30 heavy (non-hydrogen) atoms. The zero-order valence-electron chi connectivity index (χ0n) is 16.9. The number of ether oxygens (including phenoxy) is 1. The average Bonchev–Trinajstić information content (AvgIpc) is 2.97. The highest BCUT2D eigenvalue weighted by Gasteiger charge is 2.25. The Labute approximate surface area is 175 Å². The van der Waals surface area contributed by atoms with E-state index in [1.54, 1.807) is 0 Å². The van der Waals surface area contributed by atoms with Crippen LogP contribution in [0.4, 0.5) is 5.69 Å². The van der Waals surface area contributed by atoms with Crippen LogP contribution in [0.1, 0.15) is 11.1 Å². The third-order valence-corrected chi connectivity index (χ3v) is 5.08. The lowest BCUT2D eigenvalue weighted by Gasteiger charge is -2.32. The summed E-state index contributed by atoms with van der Waals surface area (Å²) in [6.45, 7) is 3.82. The Bertz CT molecular complexity index is 924. The fourth-order valence-corrected chi connectivity index (χ4v) is 3.76. The van der Waals surface area contributed by atoms with E-state index >= 15 is 0 Å². The summed E-state index contributed by atoms with van der Waals surface area (Å²) in [6, 6.07) is 13.0. The number of carbonyl (C=O) groups is 2. The van der Waals surface area contributed by atoms with Crippen molar-refractivity contribution in [3.63, 3.8) is 0 Å². The summed E-state index contributed by atoms with van der Waals surface area (Å²) in [7, 11) is 2.18. The van der Waals surface area contributed by atoms with E-state index in [9.17, 15) is 9.59 Å². The number of hydrogen-bond acceptors (Lipinski definition) is 5. The second kappa shape index (κ2) is 9.93. The molecule has 2 aliphatic heterocycles. The first-order valence-electron chi connectivity index (χ1n) is 9.90. The van der Waals surface area contributed by atoms with Gasteiger partial charge in [0.25, 0.3) is 0 Å². The lowest BCUT2D eigenvalue weighted by molar-refractivity contribution is -0.134. The van der Waals surface area contributed by atoms with E-state index in [2.05, 4.69) is 53.7 Å². The summed E-state index contributed by atoms with van der Waals surface area (Å²) in [5.74, 6) is -1.46. The molecular formula is C23H26N2O5. The molecular weight excluding hydrogens is 384 g/mol. The first-order chi connectivity index (χ1) is 14.5. The van der Waals surface area contributed by atoms with Gasteiger partial charge in [0.15, 0.2) is 0 Å². The Hall–Kier alpha value is -3.32. The molecule has 4 rings (SSSR count). The van der Waals surface area contributed by atoms with E-state index in [1.807, 2.05) is 0 Å². The maximum absolute atomic E-state index is 9.55. The first kappa shape index (κ1) is 21.4. The number of carboxylic acids is 2. The monoisotopic (exact) mass is 410 g/mol. The minimum absolute atomic E-state index is 0.558. The van der Waals surface area contributed by atoms with Gasteiger partial charge in [-0.05, 0) is 48.7 Å². The number of hydrogen-bond donors (Lipinski definition) is 3. The molecule has 3 N–H and O–H groups in total. The highest BCUT2D eigenvalue weighted by Crippen LogP contribution is 2.44. The van der Waals surface area contributed by atoms with Crippen LogP contribution in [-0.4, -0.2) is 55.4 Å². The predicted octanol–water partition coefficient (Wildman–Crippen LogP) is 2.58. The number of likely N-dealkylation sites (N-methyl/N-ethyl adjacent to an activating group) is 1. The summed E-state index contributed by atoms with van der Waals surface area (Å²) in [6.07, 6.45) is 3.28. The maximum atomic E-state index is 9.55. The van der Waals surface area contributed by atoms with Gasteiger partial charge in [-0.25, -0.2) is 9.59 Å². The SMILES string of the molecule is CN1CCOc2cc3c(c(-c4ccccc4)c21)CCNCC3.O=C(O)/C=C/C(=O)O. The van der Waals surface area contributed by atoms with E-state index in [-0.39, 0.29) is 0 Å². The van der Waals surface area contributed by atoms with E-state index in [4.69, 9.17) is 14.9 Å². The molecule has 158 valence electrons. The smallest absolute Gasteiger partial charge is 0.328 e. The normalized spacial score (nSPS) is 15.2. The molecule has 0 amide bonds. The van der Waals surface area contributed by atoms with Crippen molar-refractivity contribution in [1.82, 2.24) is 5.32 Å². The molecule has 0 spiro atoms. The Morgan fingerprint density at radius 1 is 1.07 bits per heavy atom. The Kier molecular flexibility index (Phi) is 7.08. The molecule has 0 aliphatic carbocycles. The van der Waals surface area contributed by atoms with Crippen molar-refractivity contribution in [1.29, 1.82) is 0 Å². The van der Waals surface area contributed by atoms with E-state index < -0.39 is 11.9 Å². The van der Waals surface area contributed by atoms with Crippen molar-refractivity contribution < 1.29 is 24.5 Å². The molecule has 0 aromatic heterocycles. The van der Waals surface area contributed by atoms with E-state index in [0.29, 0.717) is 12.2 Å². The third-order valence-electron chi connectivity index (χ3n) is 5.08. The van der Waals surface area contributed by atoms with Gasteiger partial charge >= 0.3 is 11.9 Å². The topological polar surface area (TPSA) is 99.1 Å².